The van der Waals surface area contributed by atoms with Gasteiger partial charge in [-0.05, 0) is 52.0 Å². The standard InChI is InChI=1S/C21H23BrN2O2/c1-2-17-9-10-20(19(22)15-17)26-16-21(25)24(13-6-12-23)14-11-18-7-4-3-5-8-18/h3-5,7-10,15H,2,6,11,13-14,16H2,1H3. The van der Waals surface area contributed by atoms with E-state index < -0.39 is 0 Å². The van der Waals surface area contributed by atoms with Gasteiger partial charge >= 0.3 is 0 Å². The highest BCUT2D eigenvalue weighted by Crippen LogP contribution is 2.26. The average Bonchev–Trinajstić information content (AvgIpc) is 2.67. The fraction of sp³-hybridized carbons (Fsp3) is 0.333. The molecule has 0 spiro atoms. The number of hydrogen-bond donors (Lipinski definition) is 0. The van der Waals surface area contributed by atoms with Crippen molar-refractivity contribution in [2.75, 3.05) is 19.7 Å². The van der Waals surface area contributed by atoms with Crippen LogP contribution in [0.2, 0.25) is 0 Å². The van der Waals surface area contributed by atoms with Crippen molar-refractivity contribution in [1.29, 1.82) is 5.26 Å². The smallest absolute Gasteiger partial charge is 0.260 e. The van der Waals surface area contributed by atoms with Gasteiger partial charge in [0.05, 0.1) is 17.0 Å². The first-order chi connectivity index (χ1) is 12.6. The Labute approximate surface area is 163 Å². The van der Waals surface area contributed by atoms with Crippen LogP contribution >= 0.6 is 15.9 Å². The van der Waals surface area contributed by atoms with Crippen LogP contribution in [-0.4, -0.2) is 30.5 Å². The number of hydrogen-bond acceptors (Lipinski definition) is 3. The molecule has 0 N–H and O–H groups in total. The zero-order valence-electron chi connectivity index (χ0n) is 15.0. The molecule has 0 saturated heterocycles. The maximum absolute atomic E-state index is 12.6. The third-order valence-corrected chi connectivity index (χ3v) is 4.73. The summed E-state index contributed by atoms with van der Waals surface area (Å²) in [4.78, 5) is 14.3. The van der Waals surface area contributed by atoms with Gasteiger partial charge in [-0.1, -0.05) is 43.3 Å². The van der Waals surface area contributed by atoms with Crippen LogP contribution in [0.4, 0.5) is 0 Å². The molecule has 136 valence electrons. The Bertz CT molecular complexity index is 756. The molecule has 26 heavy (non-hydrogen) atoms. The maximum atomic E-state index is 12.6. The van der Waals surface area contributed by atoms with Crippen LogP contribution in [0.1, 0.15) is 24.5 Å². The minimum Gasteiger partial charge on any atom is -0.483 e. The highest BCUT2D eigenvalue weighted by molar-refractivity contribution is 9.10. The molecule has 2 aromatic carbocycles. The summed E-state index contributed by atoms with van der Waals surface area (Å²) in [6, 6.07) is 18.0. The molecule has 0 bridgehead atoms. The number of nitriles is 1. The van der Waals surface area contributed by atoms with Crippen LogP contribution in [0.15, 0.2) is 53.0 Å². The minimum absolute atomic E-state index is 0.0374. The van der Waals surface area contributed by atoms with Crippen molar-refractivity contribution in [2.45, 2.75) is 26.2 Å². The summed E-state index contributed by atoms with van der Waals surface area (Å²) < 4.78 is 6.53. The third kappa shape index (κ3) is 6.20. The fourth-order valence-electron chi connectivity index (χ4n) is 2.57. The molecule has 2 rings (SSSR count). The topological polar surface area (TPSA) is 53.3 Å². The van der Waals surface area contributed by atoms with Gasteiger partial charge in [0.25, 0.3) is 5.91 Å². The molecule has 0 saturated carbocycles. The predicted molar refractivity (Wildman–Crippen MR) is 106 cm³/mol. The summed E-state index contributed by atoms with van der Waals surface area (Å²) in [5, 5.41) is 8.85. The second kappa shape index (κ2) is 10.6. The Morgan fingerprint density at radius 1 is 1.15 bits per heavy atom. The highest BCUT2D eigenvalue weighted by Gasteiger charge is 2.15. The van der Waals surface area contributed by atoms with E-state index >= 15 is 0 Å². The first kappa shape index (κ1) is 20.0. The van der Waals surface area contributed by atoms with E-state index in [9.17, 15) is 4.79 Å². The van der Waals surface area contributed by atoms with E-state index in [1.807, 2.05) is 48.5 Å². The van der Waals surface area contributed by atoms with E-state index in [0.29, 0.717) is 25.3 Å². The lowest BCUT2D eigenvalue weighted by molar-refractivity contribution is -0.133. The molecular weight excluding hydrogens is 392 g/mol. The van der Waals surface area contributed by atoms with Gasteiger partial charge in [-0.25, -0.2) is 0 Å². The lowest BCUT2D eigenvalue weighted by Crippen LogP contribution is -2.37. The molecule has 2 aromatic rings. The van der Waals surface area contributed by atoms with Crippen molar-refractivity contribution in [3.05, 3.63) is 64.1 Å². The fourth-order valence-corrected chi connectivity index (χ4v) is 3.11. The van der Waals surface area contributed by atoms with E-state index in [1.54, 1.807) is 4.90 Å². The zero-order valence-corrected chi connectivity index (χ0v) is 16.5. The number of halogens is 1. The van der Waals surface area contributed by atoms with Crippen molar-refractivity contribution in [3.63, 3.8) is 0 Å². The molecule has 0 atom stereocenters. The van der Waals surface area contributed by atoms with Gasteiger partial charge < -0.3 is 9.64 Å². The van der Waals surface area contributed by atoms with Crippen molar-refractivity contribution < 1.29 is 9.53 Å². The molecule has 0 fully saturated rings. The Morgan fingerprint density at radius 3 is 2.58 bits per heavy atom. The Kier molecular flexibility index (Phi) is 8.17. The molecule has 0 unspecified atom stereocenters. The van der Waals surface area contributed by atoms with Gasteiger partial charge in [0.2, 0.25) is 0 Å². The molecule has 0 radical (unpaired) electrons. The van der Waals surface area contributed by atoms with E-state index in [1.165, 1.54) is 11.1 Å². The molecule has 4 nitrogen and oxygen atoms in total. The molecular formula is C21H23BrN2O2. The molecule has 0 heterocycles. The lowest BCUT2D eigenvalue weighted by atomic mass is 10.1. The summed E-state index contributed by atoms with van der Waals surface area (Å²) >= 11 is 3.49. The summed E-state index contributed by atoms with van der Waals surface area (Å²) in [7, 11) is 0. The number of carbonyl (C=O) groups is 1. The van der Waals surface area contributed by atoms with E-state index in [4.69, 9.17) is 10.00 Å². The number of ether oxygens (including phenoxy) is 1. The Hall–Kier alpha value is -2.32. The largest absolute Gasteiger partial charge is 0.483 e. The second-order valence-corrected chi connectivity index (χ2v) is 6.79. The number of benzene rings is 2. The number of nitrogens with zero attached hydrogens (tertiary/aromatic N) is 2. The van der Waals surface area contributed by atoms with Crippen LogP contribution in [0.3, 0.4) is 0 Å². The van der Waals surface area contributed by atoms with E-state index in [-0.39, 0.29) is 12.5 Å². The molecule has 0 aliphatic rings. The molecule has 5 heteroatoms. The molecule has 0 aliphatic heterocycles. The average molecular weight is 415 g/mol. The van der Waals surface area contributed by atoms with E-state index in [0.717, 1.165) is 17.3 Å². The summed E-state index contributed by atoms with van der Waals surface area (Å²) in [6.07, 6.45) is 2.02. The summed E-state index contributed by atoms with van der Waals surface area (Å²) in [5.41, 5.74) is 2.37. The quantitative estimate of drug-likeness (QED) is 0.611. The number of rotatable bonds is 9. The normalized spacial score (nSPS) is 10.2. The van der Waals surface area contributed by atoms with Crippen LogP contribution in [0, 0.1) is 11.3 Å². The van der Waals surface area contributed by atoms with Crippen molar-refractivity contribution in [2.24, 2.45) is 0 Å². The SMILES string of the molecule is CCc1ccc(OCC(=O)N(CCC#N)CCc2ccccc2)c(Br)c1. The first-order valence-corrected chi connectivity index (χ1v) is 9.53. The van der Waals surface area contributed by atoms with Crippen LogP contribution in [-0.2, 0) is 17.6 Å². The van der Waals surface area contributed by atoms with Gasteiger partial charge in [0, 0.05) is 13.1 Å². The molecule has 1 amide bonds. The van der Waals surface area contributed by atoms with Gasteiger partial charge in [0.1, 0.15) is 5.75 Å². The highest BCUT2D eigenvalue weighted by atomic mass is 79.9. The zero-order chi connectivity index (χ0) is 18.8. The van der Waals surface area contributed by atoms with Crippen LogP contribution < -0.4 is 4.74 Å². The predicted octanol–water partition coefficient (Wildman–Crippen LogP) is 4.38. The monoisotopic (exact) mass is 414 g/mol. The number of amides is 1. The van der Waals surface area contributed by atoms with Gasteiger partial charge in [-0.15, -0.1) is 0 Å². The summed E-state index contributed by atoms with van der Waals surface area (Å²) in [5.74, 6) is 0.543. The van der Waals surface area contributed by atoms with Crippen molar-refractivity contribution in [1.82, 2.24) is 4.90 Å². The van der Waals surface area contributed by atoms with Crippen molar-refractivity contribution in [3.8, 4) is 11.8 Å². The second-order valence-electron chi connectivity index (χ2n) is 5.93. The van der Waals surface area contributed by atoms with Crippen LogP contribution in [0.25, 0.3) is 0 Å². The number of carbonyl (C=O) groups excluding carboxylic acids is 1. The molecule has 0 aromatic heterocycles. The van der Waals surface area contributed by atoms with Crippen molar-refractivity contribution >= 4 is 21.8 Å². The lowest BCUT2D eigenvalue weighted by Gasteiger charge is -2.22. The van der Waals surface area contributed by atoms with Gasteiger partial charge in [-0.3, -0.25) is 4.79 Å². The van der Waals surface area contributed by atoms with Crippen LogP contribution in [0.5, 0.6) is 5.75 Å². The summed E-state index contributed by atoms with van der Waals surface area (Å²) in [6.45, 7) is 3.04. The Balaban J connectivity index is 1.94. The van der Waals surface area contributed by atoms with E-state index in [2.05, 4.69) is 28.9 Å². The van der Waals surface area contributed by atoms with Gasteiger partial charge in [0.15, 0.2) is 6.61 Å². The van der Waals surface area contributed by atoms with Gasteiger partial charge in [-0.2, -0.15) is 5.26 Å². The number of aryl methyl sites for hydroxylation is 1. The molecule has 0 aliphatic carbocycles. The minimum atomic E-state index is -0.109. The Morgan fingerprint density at radius 2 is 1.92 bits per heavy atom. The first-order valence-electron chi connectivity index (χ1n) is 8.74. The third-order valence-electron chi connectivity index (χ3n) is 4.12. The maximum Gasteiger partial charge on any atom is 0.260 e.